The summed E-state index contributed by atoms with van der Waals surface area (Å²) in [5, 5.41) is 54.1. The van der Waals surface area contributed by atoms with E-state index in [0.717, 1.165) is 0 Å². The molecule has 0 aromatic heterocycles. The molecule has 6 N–H and O–H groups in total. The van der Waals surface area contributed by atoms with Crippen molar-refractivity contribution in [2.45, 2.75) is 24.7 Å². The SMILES string of the molecule is O=C(O)C(C(=O)O)(C(F)(F)F)C(F)(F)F.O=C(O)C(C(=O)O)(C(F)(F)F)C(F)(F)F.[Li+].[O-]B(O)O. The Kier molecular flexibility index (Phi) is 14.2. The van der Waals surface area contributed by atoms with Gasteiger partial charge in [0.1, 0.15) is 0 Å². The fourth-order valence-electron chi connectivity index (χ4n) is 1.47. The molecule has 0 aliphatic rings. The van der Waals surface area contributed by atoms with Gasteiger partial charge in [-0.25, -0.2) is 0 Å². The maximum absolute atomic E-state index is 11.9. The summed E-state index contributed by atoms with van der Waals surface area (Å²) in [5.41, 5.74) is -11.6. The van der Waals surface area contributed by atoms with Crippen LogP contribution in [0, 0.1) is 10.8 Å². The van der Waals surface area contributed by atoms with E-state index in [0.29, 0.717) is 0 Å². The van der Waals surface area contributed by atoms with Crippen LogP contribution in [0.15, 0.2) is 0 Å². The van der Waals surface area contributed by atoms with Crippen LogP contribution in [0.5, 0.6) is 0 Å². The molecule has 0 atom stereocenters. The van der Waals surface area contributed by atoms with Gasteiger partial charge in [0, 0.05) is 0 Å². The molecule has 0 spiro atoms. The summed E-state index contributed by atoms with van der Waals surface area (Å²) < 4.78 is 143. The van der Waals surface area contributed by atoms with E-state index in [4.69, 9.17) is 35.5 Å². The van der Waals surface area contributed by atoms with Crippen LogP contribution in [-0.2, 0) is 19.2 Å². The third kappa shape index (κ3) is 8.34. The zero-order valence-electron chi connectivity index (χ0n) is 15.8. The molecule has 0 aromatic carbocycles. The maximum atomic E-state index is 11.9. The first-order chi connectivity index (χ1) is 14.5. The summed E-state index contributed by atoms with van der Waals surface area (Å²) in [7, 11) is -2.42. The first kappa shape index (κ1) is 39.8. The van der Waals surface area contributed by atoms with Crippen LogP contribution < -0.4 is 23.9 Å². The van der Waals surface area contributed by atoms with Gasteiger partial charge in [0.05, 0.1) is 0 Å². The fourth-order valence-corrected chi connectivity index (χ4v) is 1.47. The third-order valence-electron chi connectivity index (χ3n) is 2.98. The average Bonchev–Trinajstić information content (AvgIpc) is 2.38. The zero-order chi connectivity index (χ0) is 28.9. The molecule has 200 valence electrons. The Balaban J connectivity index is -0.000000232. The fraction of sp³-hybridized carbons (Fsp3) is 0.600. The molecule has 0 radical (unpaired) electrons. The predicted molar refractivity (Wildman–Crippen MR) is 69.8 cm³/mol. The minimum Gasteiger partial charge on any atom is -0.832 e. The number of hydrogen-bond acceptors (Lipinski definition) is 7. The van der Waals surface area contributed by atoms with E-state index in [1.54, 1.807) is 0 Å². The normalized spacial score (nSPS) is 12.5. The second-order valence-corrected chi connectivity index (χ2v) is 5.04. The Morgan fingerprint density at radius 3 is 0.571 bits per heavy atom. The van der Waals surface area contributed by atoms with E-state index < -0.39 is 66.7 Å². The summed E-state index contributed by atoms with van der Waals surface area (Å²) in [6, 6.07) is 0. The molecule has 35 heavy (non-hydrogen) atoms. The third-order valence-corrected chi connectivity index (χ3v) is 2.98. The molecule has 0 heterocycles. The van der Waals surface area contributed by atoms with Gasteiger partial charge < -0.3 is 35.5 Å². The molecule has 0 bridgehead atoms. The quantitative estimate of drug-likeness (QED) is 0.117. The van der Waals surface area contributed by atoms with E-state index in [1.165, 1.54) is 0 Å². The van der Waals surface area contributed by atoms with Crippen molar-refractivity contribution in [3.63, 3.8) is 0 Å². The number of carbonyl (C=O) groups is 4. The van der Waals surface area contributed by atoms with Crippen molar-refractivity contribution >= 4 is 31.2 Å². The molecule has 0 fully saturated rings. The number of hydrogen-bond donors (Lipinski definition) is 6. The molecule has 25 heteroatoms. The summed E-state index contributed by atoms with van der Waals surface area (Å²) in [5.74, 6) is -14.1. The smallest absolute Gasteiger partial charge is 0.832 e. The largest absolute Gasteiger partial charge is 1.00 e. The Hall–Kier alpha value is -2.42. The number of alkyl halides is 12. The Morgan fingerprint density at radius 2 is 0.571 bits per heavy atom. The Morgan fingerprint density at radius 1 is 0.486 bits per heavy atom. The van der Waals surface area contributed by atoms with Gasteiger partial charge in [-0.3, -0.25) is 19.2 Å². The second-order valence-electron chi connectivity index (χ2n) is 5.04. The molecule has 11 nitrogen and oxygen atoms in total. The molecular formula is C10H6BF12LiO11. The van der Waals surface area contributed by atoms with E-state index in [2.05, 4.69) is 0 Å². The molecule has 0 saturated heterocycles. The van der Waals surface area contributed by atoms with Gasteiger partial charge in [0.25, 0.3) is 0 Å². The molecule has 0 unspecified atom stereocenters. The maximum Gasteiger partial charge on any atom is 1.00 e. The van der Waals surface area contributed by atoms with Gasteiger partial charge in [-0.1, -0.05) is 0 Å². The van der Waals surface area contributed by atoms with Crippen molar-refractivity contribution in [1.82, 2.24) is 0 Å². The van der Waals surface area contributed by atoms with Gasteiger partial charge in [-0.05, 0) is 0 Å². The minimum atomic E-state index is -6.48. The van der Waals surface area contributed by atoms with Crippen LogP contribution >= 0.6 is 0 Å². The van der Waals surface area contributed by atoms with Crippen LogP contribution in [0.1, 0.15) is 0 Å². The summed E-state index contributed by atoms with van der Waals surface area (Å²) in [4.78, 5) is 39.7. The summed E-state index contributed by atoms with van der Waals surface area (Å²) in [6.07, 6.45) is -25.9. The van der Waals surface area contributed by atoms with Crippen LogP contribution in [-0.4, -0.2) is 86.4 Å². The molecule has 0 saturated carbocycles. The molecule has 0 aliphatic carbocycles. The first-order valence-corrected chi connectivity index (χ1v) is 6.73. The van der Waals surface area contributed by atoms with Gasteiger partial charge >= 0.3 is 85.6 Å². The van der Waals surface area contributed by atoms with Gasteiger partial charge in [0.2, 0.25) is 0 Å². The van der Waals surface area contributed by atoms with Crippen molar-refractivity contribution < 1.29 is 126 Å². The van der Waals surface area contributed by atoms with E-state index >= 15 is 0 Å². The first-order valence-electron chi connectivity index (χ1n) is 6.73. The monoisotopic (exact) mass is 548 g/mol. The van der Waals surface area contributed by atoms with Crippen molar-refractivity contribution in [1.29, 1.82) is 0 Å². The molecule has 0 aliphatic heterocycles. The molecule has 0 amide bonds. The van der Waals surface area contributed by atoms with Gasteiger partial charge in [0.15, 0.2) is 0 Å². The molecule has 0 rings (SSSR count). The number of carboxylic acid groups (broad SMARTS) is 4. The van der Waals surface area contributed by atoms with Gasteiger partial charge in [-0.15, -0.1) is 0 Å². The van der Waals surface area contributed by atoms with Crippen molar-refractivity contribution in [3.05, 3.63) is 0 Å². The molecular weight excluding hydrogens is 542 g/mol. The standard InChI is InChI=1S/2C5H2F6O4.BH2O3.Li/c2*6-4(7,8)3(1(12)13,2(14)15)5(9,10)11;2-1(3)4;/h2*(H,12,13)(H,14,15);2-3H;/q;;-1;+1. The molecule has 0 aromatic rings. The van der Waals surface area contributed by atoms with Crippen LogP contribution in [0.2, 0.25) is 0 Å². The predicted octanol–water partition coefficient (Wildman–Crippen LogP) is -3.15. The van der Waals surface area contributed by atoms with Crippen LogP contribution in [0.4, 0.5) is 52.7 Å². The van der Waals surface area contributed by atoms with Crippen molar-refractivity contribution in [2.24, 2.45) is 10.8 Å². The summed E-state index contributed by atoms with van der Waals surface area (Å²) in [6.45, 7) is 0. The van der Waals surface area contributed by atoms with Crippen molar-refractivity contribution in [2.75, 3.05) is 0 Å². The Bertz CT molecular complexity index is 636. The zero-order valence-corrected chi connectivity index (χ0v) is 15.8. The van der Waals surface area contributed by atoms with E-state index in [9.17, 15) is 71.9 Å². The minimum absolute atomic E-state index is 0. The van der Waals surface area contributed by atoms with Crippen LogP contribution in [0.25, 0.3) is 0 Å². The van der Waals surface area contributed by atoms with Crippen LogP contribution in [0.3, 0.4) is 0 Å². The van der Waals surface area contributed by atoms with Gasteiger partial charge in [-0.2, -0.15) is 52.7 Å². The number of rotatable bonds is 4. The topological polar surface area (TPSA) is 213 Å². The Labute approximate surface area is 193 Å². The van der Waals surface area contributed by atoms with E-state index in [-0.39, 0.29) is 18.9 Å². The average molecular weight is 548 g/mol. The number of aliphatic carboxylic acids is 4. The number of halogens is 12. The van der Waals surface area contributed by atoms with E-state index in [1.807, 2.05) is 0 Å². The number of carboxylic acids is 4. The van der Waals surface area contributed by atoms with Crippen molar-refractivity contribution in [3.8, 4) is 0 Å². The second kappa shape index (κ2) is 12.5. The summed E-state index contributed by atoms with van der Waals surface area (Å²) >= 11 is 0.